The molecule has 0 amide bonds. The minimum Gasteiger partial charge on any atom is -0.459 e. The lowest BCUT2D eigenvalue weighted by Crippen LogP contribution is -2.45. The van der Waals surface area contributed by atoms with Gasteiger partial charge in [0.05, 0.1) is 11.1 Å². The second-order valence-corrected chi connectivity index (χ2v) is 6.33. The van der Waals surface area contributed by atoms with Crippen LogP contribution in [0, 0.1) is 0 Å². The molecule has 2 aromatic rings. The molecular weight excluding hydrogens is 355 g/mol. The van der Waals surface area contributed by atoms with Crippen LogP contribution >= 0.6 is 0 Å². The minimum absolute atomic E-state index is 0.231. The van der Waals surface area contributed by atoms with Gasteiger partial charge in [-0.15, -0.1) is 0 Å². The number of rotatable bonds is 5. The molecule has 4 atom stereocenters. The first-order valence-corrected chi connectivity index (χ1v) is 8.40. The van der Waals surface area contributed by atoms with Gasteiger partial charge in [-0.3, -0.25) is 0 Å². The third-order valence-electron chi connectivity index (χ3n) is 4.31. The van der Waals surface area contributed by atoms with Crippen molar-refractivity contribution in [2.45, 2.75) is 31.1 Å². The van der Waals surface area contributed by atoms with Crippen molar-refractivity contribution in [3.05, 3.63) is 71.8 Å². The molecule has 0 radical (unpaired) electrons. The zero-order valence-corrected chi connectivity index (χ0v) is 14.6. The fourth-order valence-electron chi connectivity index (χ4n) is 2.76. The zero-order valence-electron chi connectivity index (χ0n) is 14.6. The molecule has 1 fully saturated rings. The Balaban J connectivity index is 1.69. The Labute approximate surface area is 155 Å². The van der Waals surface area contributed by atoms with Gasteiger partial charge in [0.1, 0.15) is 12.7 Å². The molecular formula is C20H19FO6. The van der Waals surface area contributed by atoms with Gasteiger partial charge in [-0.1, -0.05) is 36.4 Å². The molecule has 1 saturated heterocycles. The Hall–Kier alpha value is -2.77. The molecule has 1 heterocycles. The van der Waals surface area contributed by atoms with Gasteiger partial charge in [0.15, 0.2) is 18.1 Å². The Morgan fingerprint density at radius 2 is 1.56 bits per heavy atom. The van der Waals surface area contributed by atoms with E-state index < -0.39 is 36.1 Å². The summed E-state index contributed by atoms with van der Waals surface area (Å²) in [6, 6.07) is 16.3. The second kappa shape index (κ2) is 7.85. The van der Waals surface area contributed by atoms with Crippen molar-refractivity contribution in [1.29, 1.82) is 0 Å². The van der Waals surface area contributed by atoms with Crippen LogP contribution in [0.3, 0.4) is 0 Å². The lowest BCUT2D eigenvalue weighted by Gasteiger charge is -2.25. The number of halogens is 1. The number of ether oxygens (including phenoxy) is 3. The van der Waals surface area contributed by atoms with Gasteiger partial charge < -0.3 is 19.3 Å². The average Bonchev–Trinajstić information content (AvgIpc) is 2.90. The smallest absolute Gasteiger partial charge is 0.338 e. The molecule has 4 unspecified atom stereocenters. The lowest BCUT2D eigenvalue weighted by atomic mass is 9.99. The second-order valence-electron chi connectivity index (χ2n) is 6.33. The summed E-state index contributed by atoms with van der Waals surface area (Å²) < 4.78 is 30.4. The zero-order chi connectivity index (χ0) is 19.4. The molecule has 1 aliphatic rings. The van der Waals surface area contributed by atoms with Gasteiger partial charge in [-0.25, -0.2) is 14.0 Å². The number of carbonyl (C=O) groups is 2. The highest BCUT2D eigenvalue weighted by atomic mass is 19.1. The molecule has 6 nitrogen and oxygen atoms in total. The standard InChI is InChI=1S/C20H19FO6/c1-20(21)16(27-18(23)14-10-6-3-7-11-14)15(26-19(20)24)12-25-17(22)13-8-4-2-5-9-13/h2-11,15-16,19,24H,12H2,1H3. The summed E-state index contributed by atoms with van der Waals surface area (Å²) in [6.45, 7) is 0.691. The highest BCUT2D eigenvalue weighted by Gasteiger charge is 2.57. The highest BCUT2D eigenvalue weighted by Crippen LogP contribution is 2.36. The molecule has 0 saturated carbocycles. The van der Waals surface area contributed by atoms with E-state index in [9.17, 15) is 19.1 Å². The van der Waals surface area contributed by atoms with Crippen molar-refractivity contribution in [3.8, 4) is 0 Å². The summed E-state index contributed by atoms with van der Waals surface area (Å²) in [5.41, 5.74) is -1.81. The molecule has 7 heteroatoms. The predicted octanol–water partition coefficient (Wildman–Crippen LogP) is 2.51. The van der Waals surface area contributed by atoms with Crippen molar-refractivity contribution < 1.29 is 33.3 Å². The summed E-state index contributed by atoms with van der Waals surface area (Å²) in [6.07, 6.45) is -4.40. The maximum absolute atomic E-state index is 14.8. The fraction of sp³-hybridized carbons (Fsp3) is 0.300. The summed E-state index contributed by atoms with van der Waals surface area (Å²) in [5, 5.41) is 9.83. The SMILES string of the molecule is CC1(F)C(O)OC(COC(=O)c2ccccc2)C1OC(=O)c1ccccc1. The summed E-state index contributed by atoms with van der Waals surface area (Å²) >= 11 is 0. The summed E-state index contributed by atoms with van der Waals surface area (Å²) in [5.74, 6) is -1.39. The largest absolute Gasteiger partial charge is 0.459 e. The minimum atomic E-state index is -2.35. The Morgan fingerprint density at radius 1 is 1.04 bits per heavy atom. The van der Waals surface area contributed by atoms with Crippen LogP contribution in [0.1, 0.15) is 27.6 Å². The number of hydrogen-bond acceptors (Lipinski definition) is 6. The molecule has 142 valence electrons. The van der Waals surface area contributed by atoms with E-state index in [1.54, 1.807) is 48.5 Å². The van der Waals surface area contributed by atoms with E-state index in [1.807, 2.05) is 0 Å². The molecule has 2 aromatic carbocycles. The first-order valence-electron chi connectivity index (χ1n) is 8.40. The Kier molecular flexibility index (Phi) is 5.53. The molecule has 0 aliphatic carbocycles. The maximum Gasteiger partial charge on any atom is 0.338 e. The molecule has 27 heavy (non-hydrogen) atoms. The summed E-state index contributed by atoms with van der Waals surface area (Å²) in [4.78, 5) is 24.3. The molecule has 1 N–H and O–H groups in total. The lowest BCUT2D eigenvalue weighted by molar-refractivity contribution is -0.144. The molecule has 0 bridgehead atoms. The van der Waals surface area contributed by atoms with Gasteiger partial charge in [0, 0.05) is 0 Å². The van der Waals surface area contributed by atoms with Gasteiger partial charge in [0.2, 0.25) is 0 Å². The molecule has 1 aliphatic heterocycles. The van der Waals surface area contributed by atoms with Crippen LogP contribution in [-0.4, -0.2) is 47.8 Å². The van der Waals surface area contributed by atoms with Crippen LogP contribution in [0.15, 0.2) is 60.7 Å². The third kappa shape index (κ3) is 4.15. The van der Waals surface area contributed by atoms with Crippen LogP contribution < -0.4 is 0 Å². The Morgan fingerprint density at radius 3 is 2.11 bits per heavy atom. The van der Waals surface area contributed by atoms with Crippen molar-refractivity contribution in [2.75, 3.05) is 6.61 Å². The van der Waals surface area contributed by atoms with Gasteiger partial charge in [-0.05, 0) is 31.2 Å². The summed E-state index contributed by atoms with van der Waals surface area (Å²) in [7, 11) is 0. The van der Waals surface area contributed by atoms with Crippen molar-refractivity contribution in [3.63, 3.8) is 0 Å². The average molecular weight is 374 g/mol. The van der Waals surface area contributed by atoms with Crippen LogP contribution in [-0.2, 0) is 14.2 Å². The van der Waals surface area contributed by atoms with Crippen molar-refractivity contribution >= 4 is 11.9 Å². The van der Waals surface area contributed by atoms with Gasteiger partial charge in [0.25, 0.3) is 0 Å². The van der Waals surface area contributed by atoms with E-state index in [1.165, 1.54) is 12.1 Å². The number of hydrogen-bond donors (Lipinski definition) is 1. The molecule has 0 aromatic heterocycles. The monoisotopic (exact) mass is 374 g/mol. The van der Waals surface area contributed by atoms with Crippen LogP contribution in [0.5, 0.6) is 0 Å². The maximum atomic E-state index is 14.8. The van der Waals surface area contributed by atoms with Gasteiger partial charge in [-0.2, -0.15) is 0 Å². The fourth-order valence-corrected chi connectivity index (χ4v) is 2.76. The van der Waals surface area contributed by atoms with E-state index in [4.69, 9.17) is 14.2 Å². The van der Waals surface area contributed by atoms with Gasteiger partial charge >= 0.3 is 11.9 Å². The first kappa shape index (κ1) is 19.0. The van der Waals surface area contributed by atoms with Crippen LogP contribution in [0.4, 0.5) is 4.39 Å². The molecule has 0 spiro atoms. The third-order valence-corrected chi connectivity index (χ3v) is 4.31. The molecule has 3 rings (SSSR count). The van der Waals surface area contributed by atoms with E-state index >= 15 is 0 Å². The first-order chi connectivity index (χ1) is 12.9. The van der Waals surface area contributed by atoms with E-state index in [-0.39, 0.29) is 12.2 Å². The number of alkyl halides is 1. The van der Waals surface area contributed by atoms with E-state index in [0.717, 1.165) is 6.92 Å². The number of benzene rings is 2. The van der Waals surface area contributed by atoms with E-state index in [2.05, 4.69) is 0 Å². The number of esters is 2. The van der Waals surface area contributed by atoms with Crippen LogP contribution in [0.2, 0.25) is 0 Å². The highest BCUT2D eigenvalue weighted by molar-refractivity contribution is 5.90. The quantitative estimate of drug-likeness (QED) is 0.810. The number of aliphatic hydroxyl groups excluding tert-OH is 1. The van der Waals surface area contributed by atoms with Crippen molar-refractivity contribution in [1.82, 2.24) is 0 Å². The number of carbonyl (C=O) groups excluding carboxylic acids is 2. The Bertz CT molecular complexity index is 793. The predicted molar refractivity (Wildman–Crippen MR) is 92.8 cm³/mol. The normalized spacial score (nSPS) is 27.1. The van der Waals surface area contributed by atoms with Crippen LogP contribution in [0.25, 0.3) is 0 Å². The number of aliphatic hydroxyl groups is 1. The van der Waals surface area contributed by atoms with Crippen molar-refractivity contribution in [2.24, 2.45) is 0 Å². The van der Waals surface area contributed by atoms with E-state index in [0.29, 0.717) is 5.56 Å². The topological polar surface area (TPSA) is 82.1 Å².